The van der Waals surface area contributed by atoms with Crippen LogP contribution in [0.3, 0.4) is 0 Å². The van der Waals surface area contributed by atoms with Crippen LogP contribution in [-0.2, 0) is 4.79 Å². The highest BCUT2D eigenvalue weighted by Crippen LogP contribution is 2.29. The van der Waals surface area contributed by atoms with Gasteiger partial charge >= 0.3 is 5.97 Å². The third-order valence-electron chi connectivity index (χ3n) is 2.99. The minimum absolute atomic E-state index is 0.0360. The number of carboxylic acid groups (broad SMARTS) is 1. The van der Waals surface area contributed by atoms with Crippen LogP contribution >= 0.6 is 23.5 Å². The molecule has 6 heteroatoms. The molecule has 2 aromatic rings. The molecule has 2 rings (SSSR count). The van der Waals surface area contributed by atoms with Crippen molar-refractivity contribution in [3.63, 3.8) is 0 Å². The number of aryl methyl sites for hydroxylation is 1. The zero-order valence-electron chi connectivity index (χ0n) is 11.8. The Morgan fingerprint density at radius 1 is 1.50 bits per heavy atom. The summed E-state index contributed by atoms with van der Waals surface area (Å²) in [7, 11) is 0. The molecule has 20 heavy (non-hydrogen) atoms. The van der Waals surface area contributed by atoms with Crippen molar-refractivity contribution in [1.82, 2.24) is 9.55 Å². The van der Waals surface area contributed by atoms with E-state index >= 15 is 0 Å². The van der Waals surface area contributed by atoms with Gasteiger partial charge in [0.1, 0.15) is 0 Å². The lowest BCUT2D eigenvalue weighted by Gasteiger charge is -2.16. The highest BCUT2D eigenvalue weighted by molar-refractivity contribution is 7.99. The van der Waals surface area contributed by atoms with Gasteiger partial charge < -0.3 is 9.67 Å². The Morgan fingerprint density at radius 3 is 2.90 bits per heavy atom. The van der Waals surface area contributed by atoms with E-state index in [1.807, 2.05) is 13.0 Å². The molecular formula is C14H18N2O2S2. The van der Waals surface area contributed by atoms with Crippen LogP contribution in [0.15, 0.2) is 23.4 Å². The van der Waals surface area contributed by atoms with Crippen LogP contribution < -0.4 is 0 Å². The third kappa shape index (κ3) is 3.30. The number of fused-ring (bicyclic) bond motifs is 1. The Labute approximate surface area is 127 Å². The Bertz CT molecular complexity index is 625. The van der Waals surface area contributed by atoms with Crippen LogP contribution in [-0.4, -0.2) is 38.4 Å². The fraction of sp³-hybridized carbons (Fsp3) is 0.429. The fourth-order valence-electron chi connectivity index (χ4n) is 2.16. The van der Waals surface area contributed by atoms with Gasteiger partial charge in [0, 0.05) is 11.8 Å². The molecule has 1 aromatic carbocycles. The van der Waals surface area contributed by atoms with Crippen molar-refractivity contribution >= 4 is 40.5 Å². The summed E-state index contributed by atoms with van der Waals surface area (Å²) in [6.45, 7) is 4.18. The molecule has 1 aromatic heterocycles. The number of carboxylic acids is 1. The maximum atomic E-state index is 10.8. The first kappa shape index (κ1) is 15.3. The quantitative estimate of drug-likeness (QED) is 0.828. The van der Waals surface area contributed by atoms with E-state index in [9.17, 15) is 4.79 Å². The van der Waals surface area contributed by atoms with Crippen molar-refractivity contribution in [3.8, 4) is 0 Å². The molecule has 0 aliphatic carbocycles. The SMILES string of the molecule is CSCC(C)n1c(SCC(=O)O)nc2cc(C)ccc21. The molecule has 0 amide bonds. The van der Waals surface area contributed by atoms with Gasteiger partial charge in [-0.1, -0.05) is 17.8 Å². The van der Waals surface area contributed by atoms with Crippen molar-refractivity contribution in [1.29, 1.82) is 0 Å². The lowest BCUT2D eigenvalue weighted by atomic mass is 10.2. The Morgan fingerprint density at radius 2 is 2.25 bits per heavy atom. The molecule has 0 saturated carbocycles. The van der Waals surface area contributed by atoms with E-state index in [-0.39, 0.29) is 11.8 Å². The predicted molar refractivity (Wildman–Crippen MR) is 85.9 cm³/mol. The zero-order valence-corrected chi connectivity index (χ0v) is 13.4. The van der Waals surface area contributed by atoms with Crippen molar-refractivity contribution in [2.24, 2.45) is 0 Å². The minimum atomic E-state index is -0.817. The molecule has 1 N–H and O–H groups in total. The molecule has 0 spiro atoms. The van der Waals surface area contributed by atoms with Gasteiger partial charge in [0.15, 0.2) is 5.16 Å². The summed E-state index contributed by atoms with van der Waals surface area (Å²) < 4.78 is 2.15. The van der Waals surface area contributed by atoms with E-state index in [1.165, 1.54) is 11.8 Å². The molecule has 0 fully saturated rings. The van der Waals surface area contributed by atoms with Gasteiger partial charge in [-0.25, -0.2) is 4.98 Å². The number of aliphatic carboxylic acids is 1. The molecule has 108 valence electrons. The second-order valence-corrected chi connectivity index (χ2v) is 6.60. The van der Waals surface area contributed by atoms with Crippen LogP contribution in [0.2, 0.25) is 0 Å². The summed E-state index contributed by atoms with van der Waals surface area (Å²) >= 11 is 3.06. The van der Waals surface area contributed by atoms with E-state index in [0.717, 1.165) is 27.5 Å². The van der Waals surface area contributed by atoms with E-state index in [1.54, 1.807) is 11.8 Å². The van der Waals surface area contributed by atoms with Crippen molar-refractivity contribution < 1.29 is 9.90 Å². The van der Waals surface area contributed by atoms with Crippen LogP contribution in [0.1, 0.15) is 18.5 Å². The number of thioether (sulfide) groups is 2. The minimum Gasteiger partial charge on any atom is -0.481 e. The summed E-state index contributed by atoms with van der Waals surface area (Å²) in [4.78, 5) is 15.4. The Balaban J connectivity index is 2.47. The number of benzene rings is 1. The van der Waals surface area contributed by atoms with Crippen LogP contribution in [0, 0.1) is 6.92 Å². The maximum absolute atomic E-state index is 10.8. The smallest absolute Gasteiger partial charge is 0.313 e. The Kier molecular flexibility index (Phi) is 4.99. The van der Waals surface area contributed by atoms with Gasteiger partial charge in [-0.15, -0.1) is 0 Å². The van der Waals surface area contributed by atoms with E-state index in [2.05, 4.69) is 34.9 Å². The number of hydrogen-bond acceptors (Lipinski definition) is 4. The van der Waals surface area contributed by atoms with E-state index in [0.29, 0.717) is 0 Å². The molecule has 1 heterocycles. The molecule has 1 atom stereocenters. The van der Waals surface area contributed by atoms with E-state index in [4.69, 9.17) is 5.11 Å². The lowest BCUT2D eigenvalue weighted by Crippen LogP contribution is -2.10. The first-order valence-corrected chi connectivity index (χ1v) is 8.73. The first-order chi connectivity index (χ1) is 9.52. The van der Waals surface area contributed by atoms with Gasteiger partial charge in [0.25, 0.3) is 0 Å². The molecule has 0 bridgehead atoms. The highest BCUT2D eigenvalue weighted by Gasteiger charge is 2.17. The van der Waals surface area contributed by atoms with Gasteiger partial charge in [0.05, 0.1) is 16.8 Å². The average Bonchev–Trinajstić information content (AvgIpc) is 2.74. The molecule has 0 radical (unpaired) electrons. The predicted octanol–water partition coefficient (Wildman–Crippen LogP) is 3.45. The first-order valence-electron chi connectivity index (χ1n) is 6.35. The molecule has 0 saturated heterocycles. The van der Waals surface area contributed by atoms with Gasteiger partial charge in [0.2, 0.25) is 0 Å². The lowest BCUT2D eigenvalue weighted by molar-refractivity contribution is -0.133. The second-order valence-electron chi connectivity index (χ2n) is 4.74. The third-order valence-corrected chi connectivity index (χ3v) is 4.74. The van der Waals surface area contributed by atoms with Gasteiger partial charge in [-0.2, -0.15) is 11.8 Å². The van der Waals surface area contributed by atoms with Crippen molar-refractivity contribution in [2.45, 2.75) is 25.0 Å². The van der Waals surface area contributed by atoms with E-state index < -0.39 is 5.97 Å². The molecule has 4 nitrogen and oxygen atoms in total. The van der Waals surface area contributed by atoms with Crippen LogP contribution in [0.25, 0.3) is 11.0 Å². The standard InChI is InChI=1S/C14H18N2O2S2/c1-9-4-5-12-11(6-9)15-14(20-8-13(17)18)16(12)10(2)7-19-3/h4-6,10H,7-8H2,1-3H3,(H,17,18). The number of hydrogen-bond donors (Lipinski definition) is 1. The Hall–Kier alpha value is -1.14. The zero-order chi connectivity index (χ0) is 14.7. The van der Waals surface area contributed by atoms with Crippen molar-refractivity contribution in [3.05, 3.63) is 23.8 Å². The monoisotopic (exact) mass is 310 g/mol. The number of rotatable bonds is 6. The average molecular weight is 310 g/mol. The summed E-state index contributed by atoms with van der Waals surface area (Å²) in [6.07, 6.45) is 2.07. The molecule has 0 aliphatic rings. The number of aromatic nitrogens is 2. The number of carbonyl (C=O) groups is 1. The molecule has 1 unspecified atom stereocenters. The molecule has 0 aliphatic heterocycles. The number of imidazole rings is 1. The summed E-state index contributed by atoms with van der Waals surface area (Å²) in [5, 5.41) is 9.65. The highest BCUT2D eigenvalue weighted by atomic mass is 32.2. The normalized spacial score (nSPS) is 12.8. The van der Waals surface area contributed by atoms with Crippen LogP contribution in [0.4, 0.5) is 0 Å². The molecular weight excluding hydrogens is 292 g/mol. The van der Waals surface area contributed by atoms with Gasteiger partial charge in [-0.3, -0.25) is 4.79 Å². The largest absolute Gasteiger partial charge is 0.481 e. The maximum Gasteiger partial charge on any atom is 0.313 e. The van der Waals surface area contributed by atoms with Gasteiger partial charge in [-0.05, 0) is 37.8 Å². The summed E-state index contributed by atoms with van der Waals surface area (Å²) in [6, 6.07) is 6.47. The summed E-state index contributed by atoms with van der Waals surface area (Å²) in [5.41, 5.74) is 3.17. The topological polar surface area (TPSA) is 55.1 Å². The van der Waals surface area contributed by atoms with Crippen LogP contribution in [0.5, 0.6) is 0 Å². The second kappa shape index (κ2) is 6.54. The van der Waals surface area contributed by atoms with Crippen molar-refractivity contribution in [2.75, 3.05) is 17.8 Å². The summed E-state index contributed by atoms with van der Waals surface area (Å²) in [5.74, 6) is 0.191. The number of nitrogens with zero attached hydrogens (tertiary/aromatic N) is 2. The fourth-order valence-corrected chi connectivity index (χ4v) is 3.62.